The molecule has 2 aromatic carbocycles. The Labute approximate surface area is 215 Å². The number of morpholine rings is 1. The van der Waals surface area contributed by atoms with Crippen LogP contribution in [0.4, 0.5) is 11.4 Å². The molecule has 4 rings (SSSR count). The Hall–Kier alpha value is -2.72. The molecule has 8 nitrogen and oxygen atoms in total. The Balaban J connectivity index is 1.46. The third-order valence-corrected chi connectivity index (χ3v) is 6.80. The van der Waals surface area contributed by atoms with E-state index in [9.17, 15) is 9.59 Å². The Kier molecular flexibility index (Phi) is 8.56. The van der Waals surface area contributed by atoms with Crippen LogP contribution in [-0.4, -0.2) is 79.3 Å². The van der Waals surface area contributed by atoms with Gasteiger partial charge >= 0.3 is 0 Å². The van der Waals surface area contributed by atoms with E-state index in [1.54, 1.807) is 55.6 Å². The van der Waals surface area contributed by atoms with Crippen LogP contribution in [0, 0.1) is 0 Å². The fourth-order valence-electron chi connectivity index (χ4n) is 4.27. The summed E-state index contributed by atoms with van der Waals surface area (Å²) in [4.78, 5) is 32.1. The van der Waals surface area contributed by atoms with Crippen LogP contribution >= 0.6 is 23.8 Å². The van der Waals surface area contributed by atoms with Gasteiger partial charge in [0.05, 0.1) is 32.4 Å². The molecule has 2 fully saturated rings. The average Bonchev–Trinajstić information content (AvgIpc) is 3.09. The predicted octanol–water partition coefficient (Wildman–Crippen LogP) is 3.40. The van der Waals surface area contributed by atoms with E-state index in [4.69, 9.17) is 33.3 Å². The first-order valence-electron chi connectivity index (χ1n) is 11.6. The summed E-state index contributed by atoms with van der Waals surface area (Å²) in [6.45, 7) is 4.72. The number of halogens is 1. The van der Waals surface area contributed by atoms with Crippen LogP contribution in [0.1, 0.15) is 12.8 Å². The highest BCUT2D eigenvalue weighted by atomic mass is 35.5. The second-order valence-electron chi connectivity index (χ2n) is 8.43. The van der Waals surface area contributed by atoms with Crippen LogP contribution in [0.2, 0.25) is 5.02 Å². The van der Waals surface area contributed by atoms with Crippen molar-refractivity contribution in [3.8, 4) is 5.75 Å². The lowest BCUT2D eigenvalue weighted by molar-refractivity contribution is -0.124. The summed E-state index contributed by atoms with van der Waals surface area (Å²) in [5, 5.41) is 3.85. The number of hydrogen-bond acceptors (Lipinski definition) is 6. The van der Waals surface area contributed by atoms with Crippen LogP contribution in [0.5, 0.6) is 5.75 Å². The number of carbonyl (C=O) groups excluding carboxylic acids is 2. The molecule has 0 spiro atoms. The molecule has 35 heavy (non-hydrogen) atoms. The molecule has 1 atom stereocenters. The maximum atomic E-state index is 13.5. The number of anilines is 2. The fraction of sp³-hybridized carbons (Fsp3) is 0.400. The number of nitrogens with one attached hydrogen (secondary N) is 1. The first-order valence-corrected chi connectivity index (χ1v) is 12.4. The number of hydrogen-bond donors (Lipinski definition) is 1. The minimum Gasteiger partial charge on any atom is -0.497 e. The molecule has 2 aliphatic rings. The summed E-state index contributed by atoms with van der Waals surface area (Å²) in [5.41, 5.74) is 1.28. The second kappa shape index (κ2) is 11.8. The number of ether oxygens (including phenoxy) is 2. The van der Waals surface area contributed by atoms with Crippen molar-refractivity contribution in [3.05, 3.63) is 53.6 Å². The minimum atomic E-state index is -0.680. The molecule has 0 unspecified atom stereocenters. The van der Waals surface area contributed by atoms with Gasteiger partial charge in [0.25, 0.3) is 5.91 Å². The Morgan fingerprint density at radius 1 is 1.11 bits per heavy atom. The van der Waals surface area contributed by atoms with Crippen molar-refractivity contribution < 1.29 is 19.1 Å². The van der Waals surface area contributed by atoms with Crippen molar-refractivity contribution in [1.82, 2.24) is 9.80 Å². The van der Waals surface area contributed by atoms with Gasteiger partial charge < -0.3 is 19.7 Å². The number of rotatable bonds is 9. The van der Waals surface area contributed by atoms with E-state index < -0.39 is 6.04 Å². The number of thiocarbonyl (C=S) groups is 1. The molecule has 1 N–H and O–H groups in total. The highest BCUT2D eigenvalue weighted by molar-refractivity contribution is 7.80. The smallest absolute Gasteiger partial charge is 0.256 e. The van der Waals surface area contributed by atoms with Gasteiger partial charge in [-0.2, -0.15) is 0 Å². The molecule has 0 aromatic heterocycles. The molecule has 2 aliphatic heterocycles. The van der Waals surface area contributed by atoms with Crippen LogP contribution in [-0.2, 0) is 14.3 Å². The number of amides is 2. The summed E-state index contributed by atoms with van der Waals surface area (Å²) < 4.78 is 10.6. The molecule has 2 heterocycles. The highest BCUT2D eigenvalue weighted by Gasteiger charge is 2.43. The first kappa shape index (κ1) is 25.4. The highest BCUT2D eigenvalue weighted by Crippen LogP contribution is 2.29. The largest absolute Gasteiger partial charge is 0.497 e. The normalized spacial score (nSPS) is 18.7. The fourth-order valence-corrected chi connectivity index (χ4v) is 4.81. The molecular weight excluding hydrogens is 488 g/mol. The Bertz CT molecular complexity index is 1040. The van der Waals surface area contributed by atoms with Gasteiger partial charge in [0, 0.05) is 36.9 Å². The zero-order chi connectivity index (χ0) is 24.8. The van der Waals surface area contributed by atoms with Crippen molar-refractivity contribution in [1.29, 1.82) is 0 Å². The predicted molar refractivity (Wildman–Crippen MR) is 140 cm³/mol. The number of nitrogens with zero attached hydrogens (tertiary/aromatic N) is 3. The van der Waals surface area contributed by atoms with E-state index >= 15 is 0 Å². The Morgan fingerprint density at radius 2 is 1.80 bits per heavy atom. The first-order chi connectivity index (χ1) is 17.0. The lowest BCUT2D eigenvalue weighted by Gasteiger charge is -2.28. The molecule has 2 amide bonds. The third kappa shape index (κ3) is 6.29. The molecule has 10 heteroatoms. The van der Waals surface area contributed by atoms with E-state index in [2.05, 4.69) is 10.2 Å². The van der Waals surface area contributed by atoms with E-state index in [0.29, 0.717) is 33.8 Å². The van der Waals surface area contributed by atoms with Crippen LogP contribution < -0.4 is 15.0 Å². The minimum absolute atomic E-state index is 0.00730. The van der Waals surface area contributed by atoms with Gasteiger partial charge in [-0.15, -0.1) is 0 Å². The maximum Gasteiger partial charge on any atom is 0.256 e. The van der Waals surface area contributed by atoms with Crippen molar-refractivity contribution in [2.45, 2.75) is 18.9 Å². The zero-order valence-corrected chi connectivity index (χ0v) is 21.2. The molecule has 0 saturated carbocycles. The molecule has 0 bridgehead atoms. The van der Waals surface area contributed by atoms with Crippen molar-refractivity contribution in [2.75, 3.05) is 56.7 Å². The van der Waals surface area contributed by atoms with Crippen molar-refractivity contribution in [3.63, 3.8) is 0 Å². The van der Waals surface area contributed by atoms with Crippen LogP contribution in [0.25, 0.3) is 0 Å². The average molecular weight is 517 g/mol. The molecule has 0 radical (unpaired) electrons. The van der Waals surface area contributed by atoms with Gasteiger partial charge in [-0.05, 0) is 67.2 Å². The van der Waals surface area contributed by atoms with Crippen LogP contribution in [0.15, 0.2) is 48.5 Å². The van der Waals surface area contributed by atoms with Gasteiger partial charge in [-0.3, -0.25) is 19.4 Å². The summed E-state index contributed by atoms with van der Waals surface area (Å²) >= 11 is 11.8. The van der Waals surface area contributed by atoms with Crippen molar-refractivity contribution >= 4 is 52.1 Å². The summed E-state index contributed by atoms with van der Waals surface area (Å²) in [7, 11) is 1.59. The summed E-state index contributed by atoms with van der Waals surface area (Å²) in [6, 6.07) is 13.4. The van der Waals surface area contributed by atoms with E-state index in [-0.39, 0.29) is 18.2 Å². The van der Waals surface area contributed by atoms with Crippen LogP contribution in [0.3, 0.4) is 0 Å². The zero-order valence-electron chi connectivity index (χ0n) is 19.6. The lowest BCUT2D eigenvalue weighted by atomic mass is 10.1. The Morgan fingerprint density at radius 3 is 2.46 bits per heavy atom. The SMILES string of the molecule is COc1ccc(NC(=O)C[C@@H]2C(=O)N(c3ccc(Cl)cc3)C(=S)N2CCCN2CCOCC2)cc1. The molecule has 2 aromatic rings. The number of carbonyl (C=O) groups is 2. The second-order valence-corrected chi connectivity index (χ2v) is 9.23. The van der Waals surface area contributed by atoms with E-state index in [0.717, 1.165) is 39.3 Å². The molecule has 186 valence electrons. The van der Waals surface area contributed by atoms with Crippen molar-refractivity contribution in [2.24, 2.45) is 0 Å². The summed E-state index contributed by atoms with van der Waals surface area (Å²) in [6.07, 6.45) is 0.811. The quantitative estimate of drug-likeness (QED) is 0.512. The van der Waals surface area contributed by atoms with Gasteiger partial charge in [-0.25, -0.2) is 0 Å². The van der Waals surface area contributed by atoms with Gasteiger partial charge in [0.2, 0.25) is 5.91 Å². The molecule has 2 saturated heterocycles. The van der Waals surface area contributed by atoms with E-state index in [1.165, 1.54) is 4.90 Å². The number of methoxy groups -OCH3 is 1. The standard InChI is InChI=1S/C25H29ClN4O4S/c1-33-21-9-5-19(6-10-21)27-23(31)17-22-24(32)30(20-7-3-18(26)4-8-20)25(35)29(22)12-2-11-28-13-15-34-16-14-28/h3-10,22H,2,11-17H2,1H3,(H,27,31)/t22-/m1/s1. The van der Waals surface area contributed by atoms with E-state index in [1.807, 2.05) is 4.90 Å². The summed E-state index contributed by atoms with van der Waals surface area (Å²) in [5.74, 6) is 0.227. The number of benzene rings is 2. The molecule has 0 aliphatic carbocycles. The lowest BCUT2D eigenvalue weighted by Crippen LogP contribution is -2.41. The monoisotopic (exact) mass is 516 g/mol. The topological polar surface area (TPSA) is 74.4 Å². The van der Waals surface area contributed by atoms with Gasteiger partial charge in [0.1, 0.15) is 11.8 Å². The molecular formula is C25H29ClN4O4S. The van der Waals surface area contributed by atoms with Gasteiger partial charge in [0.15, 0.2) is 5.11 Å². The maximum absolute atomic E-state index is 13.5. The third-order valence-electron chi connectivity index (χ3n) is 6.13. The van der Waals surface area contributed by atoms with Gasteiger partial charge in [-0.1, -0.05) is 11.6 Å².